The van der Waals surface area contributed by atoms with Gasteiger partial charge in [-0.2, -0.15) is 0 Å². The maximum Gasteiger partial charge on any atom is 0.252 e. The smallest absolute Gasteiger partial charge is 0.252 e. The topological polar surface area (TPSA) is 98.6 Å². The molecule has 2 atom stereocenters. The lowest BCUT2D eigenvalue weighted by atomic mass is 9.82. The van der Waals surface area contributed by atoms with Gasteiger partial charge in [-0.3, -0.25) is 4.79 Å². The van der Waals surface area contributed by atoms with Crippen molar-refractivity contribution in [3.63, 3.8) is 0 Å². The number of hydrogen-bond acceptors (Lipinski definition) is 7. The summed E-state index contributed by atoms with van der Waals surface area (Å²) in [5, 5.41) is 13.0. The molecule has 0 aliphatic carbocycles. The van der Waals surface area contributed by atoms with Gasteiger partial charge in [0.15, 0.2) is 11.6 Å². The molecule has 2 N–H and O–H groups in total. The van der Waals surface area contributed by atoms with Crippen molar-refractivity contribution in [2.75, 3.05) is 27.4 Å². The van der Waals surface area contributed by atoms with Crippen molar-refractivity contribution in [3.05, 3.63) is 122 Å². The second-order valence-electron chi connectivity index (χ2n) is 10.7. The first kappa shape index (κ1) is 33.6. The Labute approximate surface area is 286 Å². The number of methoxy groups -OCH3 is 2. The van der Waals surface area contributed by atoms with Gasteiger partial charge in [-0.15, -0.1) is 0 Å². The van der Waals surface area contributed by atoms with E-state index in [1.807, 2.05) is 48.5 Å². The number of ether oxygens (including phenoxy) is 4. The number of aliphatic hydroxyl groups is 1. The van der Waals surface area contributed by atoms with Crippen LogP contribution in [0.1, 0.15) is 34.8 Å². The number of aliphatic hydroxyl groups excluding tert-OH is 1. The van der Waals surface area contributed by atoms with E-state index in [1.54, 1.807) is 50.6 Å². The fraction of sp³-hybridized carbons (Fsp3) is 0.257. The fourth-order valence-electron chi connectivity index (χ4n) is 5.19. The fourth-order valence-corrected chi connectivity index (χ4v) is 5.96. The molecule has 240 valence electrons. The summed E-state index contributed by atoms with van der Waals surface area (Å²) in [5.41, 5.74) is 1.43. The summed E-state index contributed by atoms with van der Waals surface area (Å²) in [6, 6.07) is 25.5. The van der Waals surface area contributed by atoms with Crippen molar-refractivity contribution >= 4 is 50.9 Å². The molecule has 0 spiro atoms. The van der Waals surface area contributed by atoms with Gasteiger partial charge in [0, 0.05) is 57.7 Å². The highest BCUT2D eigenvalue weighted by Crippen LogP contribution is 2.45. The number of halogens is 3. The van der Waals surface area contributed by atoms with Gasteiger partial charge in [0.25, 0.3) is 5.91 Å². The van der Waals surface area contributed by atoms with Crippen LogP contribution in [0.3, 0.4) is 0 Å². The number of nitrogens with one attached hydrogen (secondary N) is 1. The zero-order chi connectivity index (χ0) is 32.7. The van der Waals surface area contributed by atoms with Crippen LogP contribution in [0, 0.1) is 0 Å². The molecular formula is C35H33BrCl2N2O6. The highest BCUT2D eigenvalue weighted by molar-refractivity contribution is 9.10. The van der Waals surface area contributed by atoms with Crippen molar-refractivity contribution < 1.29 is 28.8 Å². The lowest BCUT2D eigenvalue weighted by Crippen LogP contribution is -2.49. The van der Waals surface area contributed by atoms with E-state index in [9.17, 15) is 4.79 Å². The molecule has 0 unspecified atom stereocenters. The predicted octanol–water partition coefficient (Wildman–Crippen LogP) is 7.35. The van der Waals surface area contributed by atoms with Gasteiger partial charge in [-0.05, 0) is 71.8 Å². The molecule has 1 heterocycles. The van der Waals surface area contributed by atoms with Gasteiger partial charge in [-0.1, -0.05) is 57.3 Å². The number of nitrogens with zero attached hydrogens (tertiary/aromatic N) is 1. The van der Waals surface area contributed by atoms with Crippen LogP contribution in [0.5, 0.6) is 17.2 Å². The first-order chi connectivity index (χ1) is 22.2. The van der Waals surface area contributed by atoms with Crippen molar-refractivity contribution in [2.24, 2.45) is 4.99 Å². The predicted molar refractivity (Wildman–Crippen MR) is 182 cm³/mol. The Morgan fingerprint density at radius 2 is 1.63 bits per heavy atom. The Balaban J connectivity index is 1.57. The minimum atomic E-state index is -1.46. The molecule has 5 rings (SSSR count). The van der Waals surface area contributed by atoms with E-state index in [-0.39, 0.29) is 31.4 Å². The molecular weight excluding hydrogens is 695 g/mol. The zero-order valence-electron chi connectivity index (χ0n) is 25.3. The average molecular weight is 728 g/mol. The Morgan fingerprint density at radius 1 is 0.935 bits per heavy atom. The molecule has 46 heavy (non-hydrogen) atoms. The highest BCUT2D eigenvalue weighted by atomic mass is 79.9. The Hall–Kier alpha value is -3.76. The van der Waals surface area contributed by atoms with E-state index in [2.05, 4.69) is 21.2 Å². The van der Waals surface area contributed by atoms with E-state index in [1.165, 1.54) is 0 Å². The molecule has 1 aliphatic heterocycles. The van der Waals surface area contributed by atoms with Gasteiger partial charge in [0.05, 0.1) is 20.8 Å². The van der Waals surface area contributed by atoms with E-state index in [0.29, 0.717) is 51.4 Å². The molecule has 0 saturated heterocycles. The third-order valence-electron chi connectivity index (χ3n) is 7.53. The third kappa shape index (κ3) is 7.78. The quantitative estimate of drug-likeness (QED) is 0.140. The first-order valence-corrected chi connectivity index (χ1v) is 16.1. The second kappa shape index (κ2) is 15.2. The lowest BCUT2D eigenvalue weighted by molar-refractivity contribution is -0.129. The van der Waals surface area contributed by atoms with Crippen LogP contribution in [0.15, 0.2) is 94.4 Å². The van der Waals surface area contributed by atoms with E-state index < -0.39 is 11.6 Å². The van der Waals surface area contributed by atoms with Crippen LogP contribution in [0.4, 0.5) is 0 Å². The van der Waals surface area contributed by atoms with Crippen LogP contribution < -0.4 is 19.5 Å². The number of benzene rings is 4. The van der Waals surface area contributed by atoms with Gasteiger partial charge >= 0.3 is 0 Å². The summed E-state index contributed by atoms with van der Waals surface area (Å²) >= 11 is 16.5. The Bertz CT molecular complexity index is 1680. The first-order valence-electron chi connectivity index (χ1n) is 14.5. The molecule has 4 aromatic rings. The van der Waals surface area contributed by atoms with Gasteiger partial charge in [-0.25, -0.2) is 4.99 Å². The molecule has 0 bridgehead atoms. The monoisotopic (exact) mass is 726 g/mol. The molecule has 0 saturated carbocycles. The van der Waals surface area contributed by atoms with Gasteiger partial charge in [0.2, 0.25) is 5.90 Å². The summed E-state index contributed by atoms with van der Waals surface area (Å²) < 4.78 is 24.0. The van der Waals surface area contributed by atoms with Gasteiger partial charge < -0.3 is 29.4 Å². The van der Waals surface area contributed by atoms with Crippen LogP contribution >= 0.6 is 39.1 Å². The summed E-state index contributed by atoms with van der Waals surface area (Å²) in [6.07, 6.45) is -0.156. The van der Waals surface area contributed by atoms with Crippen molar-refractivity contribution in [1.29, 1.82) is 0 Å². The summed E-state index contributed by atoms with van der Waals surface area (Å²) in [4.78, 5) is 19.7. The van der Waals surface area contributed by atoms with E-state index in [0.717, 1.165) is 15.6 Å². The second-order valence-corrected chi connectivity index (χ2v) is 12.4. The van der Waals surface area contributed by atoms with E-state index in [4.69, 9.17) is 52.2 Å². The number of amides is 1. The zero-order valence-corrected chi connectivity index (χ0v) is 28.4. The molecule has 11 heteroatoms. The van der Waals surface area contributed by atoms with Crippen LogP contribution in [0.2, 0.25) is 10.0 Å². The number of carbonyl (C=O) groups is 1. The van der Waals surface area contributed by atoms with Crippen LogP contribution in [-0.2, 0) is 22.5 Å². The Morgan fingerprint density at radius 3 is 2.26 bits per heavy atom. The standard InChI is InChI=1S/C35H33BrCl2N2O6/c1-43-28-16-23(17-29(19-28)44-2)21-39-34(42)35(20-22-4-8-25(36)9-5-22)32(30-13-10-26(37)18-31(30)38)46-33(40-35)24-6-11-27(12-7-24)45-15-3-14-41/h4-13,16-19,32,41H,3,14-15,20-21H2,1-2H3,(H,39,42)/t32-,35-/m1/s1. The SMILES string of the molecule is COc1cc(CNC(=O)[C@]2(Cc3ccc(Br)cc3)N=C(c3ccc(OCCCO)cc3)O[C@@H]2c2ccc(Cl)cc2Cl)cc(OC)c1. The van der Waals surface area contributed by atoms with Crippen LogP contribution in [0.25, 0.3) is 0 Å². The molecule has 8 nitrogen and oxygen atoms in total. The summed E-state index contributed by atoms with van der Waals surface area (Å²) in [6.45, 7) is 0.617. The normalized spacial score (nSPS) is 17.2. The molecule has 0 fully saturated rings. The average Bonchev–Trinajstić information content (AvgIpc) is 3.44. The van der Waals surface area contributed by atoms with Crippen LogP contribution in [-0.4, -0.2) is 49.9 Å². The molecule has 0 radical (unpaired) electrons. The molecule has 1 aliphatic rings. The minimum Gasteiger partial charge on any atom is -0.497 e. The van der Waals surface area contributed by atoms with Crippen molar-refractivity contribution in [3.8, 4) is 17.2 Å². The van der Waals surface area contributed by atoms with Gasteiger partial charge in [0.1, 0.15) is 17.2 Å². The minimum absolute atomic E-state index is 0.0469. The maximum absolute atomic E-state index is 14.6. The summed E-state index contributed by atoms with van der Waals surface area (Å²) in [5.74, 6) is 1.78. The number of rotatable bonds is 13. The van der Waals surface area contributed by atoms with Crippen molar-refractivity contribution in [1.82, 2.24) is 5.32 Å². The molecule has 4 aromatic carbocycles. The molecule has 0 aromatic heterocycles. The number of carbonyl (C=O) groups excluding carboxylic acids is 1. The number of hydrogen-bond donors (Lipinski definition) is 2. The maximum atomic E-state index is 14.6. The Kier molecular flexibility index (Phi) is 11.1. The largest absolute Gasteiger partial charge is 0.497 e. The molecule has 1 amide bonds. The van der Waals surface area contributed by atoms with E-state index >= 15 is 0 Å². The highest BCUT2D eigenvalue weighted by Gasteiger charge is 2.53. The lowest BCUT2D eigenvalue weighted by Gasteiger charge is -2.31. The number of aliphatic imine (C=N–C) groups is 1. The third-order valence-corrected chi connectivity index (χ3v) is 8.62. The summed E-state index contributed by atoms with van der Waals surface area (Å²) in [7, 11) is 3.15. The van der Waals surface area contributed by atoms with Crippen molar-refractivity contribution in [2.45, 2.75) is 31.0 Å².